The number of sulfonamides is 1. The van der Waals surface area contributed by atoms with Gasteiger partial charge in [-0.15, -0.1) is 0 Å². The number of carbonyl (C=O) groups excluding carboxylic acids is 2. The van der Waals surface area contributed by atoms with Crippen LogP contribution in [-0.2, 0) is 14.8 Å². The largest absolute Gasteiger partial charge is 0.325 e. The minimum atomic E-state index is -3.37. The minimum Gasteiger partial charge on any atom is -0.325 e. The normalized spacial score (nSPS) is 17.7. The number of rotatable bonds is 5. The zero-order chi connectivity index (χ0) is 21.2. The first-order chi connectivity index (χ1) is 13.7. The van der Waals surface area contributed by atoms with Crippen LogP contribution in [0.4, 0.5) is 5.69 Å². The first-order valence-corrected chi connectivity index (χ1v) is 11.6. The highest BCUT2D eigenvalue weighted by Crippen LogP contribution is 2.28. The summed E-state index contributed by atoms with van der Waals surface area (Å²) < 4.78 is 24.9. The van der Waals surface area contributed by atoms with Gasteiger partial charge in [0.05, 0.1) is 22.9 Å². The molecule has 9 heteroatoms. The van der Waals surface area contributed by atoms with Gasteiger partial charge in [0, 0.05) is 29.2 Å². The molecule has 154 valence electrons. The van der Waals surface area contributed by atoms with E-state index in [2.05, 4.69) is 5.32 Å². The van der Waals surface area contributed by atoms with Crippen LogP contribution in [0.1, 0.15) is 28.8 Å². The molecular weight excluding hydrogens is 435 g/mol. The highest BCUT2D eigenvalue weighted by Gasteiger charge is 2.30. The molecular formula is C20H20Cl2N2O4S. The van der Waals surface area contributed by atoms with Crippen molar-refractivity contribution < 1.29 is 18.0 Å². The van der Waals surface area contributed by atoms with Gasteiger partial charge in [0.2, 0.25) is 15.9 Å². The van der Waals surface area contributed by atoms with Crippen molar-refractivity contribution in [3.05, 3.63) is 63.6 Å². The second-order valence-electron chi connectivity index (χ2n) is 6.95. The lowest BCUT2D eigenvalue weighted by Gasteiger charge is -2.30. The molecule has 1 saturated heterocycles. The summed E-state index contributed by atoms with van der Waals surface area (Å²) in [5.74, 6) is -1.21. The van der Waals surface area contributed by atoms with Gasteiger partial charge in [0.1, 0.15) is 0 Å². The Bertz CT molecular complexity index is 1060. The van der Waals surface area contributed by atoms with Crippen LogP contribution in [0.25, 0.3) is 0 Å². The molecule has 2 aromatic rings. The molecule has 0 aliphatic carbocycles. The molecule has 3 rings (SSSR count). The van der Waals surface area contributed by atoms with E-state index in [-0.39, 0.29) is 23.8 Å². The van der Waals surface area contributed by atoms with Crippen molar-refractivity contribution in [2.24, 2.45) is 5.92 Å². The Balaban J connectivity index is 1.85. The van der Waals surface area contributed by atoms with Crippen LogP contribution in [0.15, 0.2) is 42.5 Å². The van der Waals surface area contributed by atoms with E-state index in [4.69, 9.17) is 23.2 Å². The first-order valence-electron chi connectivity index (χ1n) is 9.01. The molecule has 1 fully saturated rings. The fourth-order valence-electron chi connectivity index (χ4n) is 3.30. The predicted molar refractivity (Wildman–Crippen MR) is 114 cm³/mol. The standard InChI is InChI=1S/C20H20Cl2N2O4S/c1-29(27,28)24-10-4-5-13(12-24)20(26)23-18-9-8-14(21)11-16(18)19(25)15-6-2-3-7-17(15)22/h2-3,6-9,11,13H,4-5,10,12H2,1H3,(H,23,26). The summed E-state index contributed by atoms with van der Waals surface area (Å²) in [6.07, 6.45) is 2.29. The molecule has 1 aliphatic heterocycles. The second kappa shape index (κ2) is 8.83. The minimum absolute atomic E-state index is 0.117. The van der Waals surface area contributed by atoms with E-state index in [0.29, 0.717) is 40.7 Å². The van der Waals surface area contributed by atoms with Crippen LogP contribution >= 0.6 is 23.2 Å². The maximum absolute atomic E-state index is 13.0. The molecule has 0 bridgehead atoms. The average Bonchev–Trinajstić information content (AvgIpc) is 2.68. The lowest BCUT2D eigenvalue weighted by molar-refractivity contribution is -0.120. The molecule has 0 saturated carbocycles. The SMILES string of the molecule is CS(=O)(=O)N1CCCC(C(=O)Nc2ccc(Cl)cc2C(=O)c2ccccc2Cl)C1. The molecule has 1 heterocycles. The number of benzene rings is 2. The summed E-state index contributed by atoms with van der Waals surface area (Å²) in [6, 6.07) is 11.2. The van der Waals surface area contributed by atoms with Gasteiger partial charge in [-0.3, -0.25) is 9.59 Å². The van der Waals surface area contributed by atoms with Gasteiger partial charge in [-0.2, -0.15) is 0 Å². The number of nitrogens with zero attached hydrogens (tertiary/aromatic N) is 1. The van der Waals surface area contributed by atoms with Crippen LogP contribution in [0.3, 0.4) is 0 Å². The Kier molecular flexibility index (Phi) is 6.63. The third kappa shape index (κ3) is 5.17. The summed E-state index contributed by atoms with van der Waals surface area (Å²) in [7, 11) is -3.37. The summed E-state index contributed by atoms with van der Waals surface area (Å²) in [4.78, 5) is 25.8. The number of anilines is 1. The van der Waals surface area contributed by atoms with Crippen molar-refractivity contribution in [3.63, 3.8) is 0 Å². The van der Waals surface area contributed by atoms with Gasteiger partial charge in [0.15, 0.2) is 5.78 Å². The molecule has 1 amide bonds. The van der Waals surface area contributed by atoms with Crippen molar-refractivity contribution in [2.45, 2.75) is 12.8 Å². The quantitative estimate of drug-likeness (QED) is 0.695. The third-order valence-corrected chi connectivity index (χ3v) is 6.66. The maximum atomic E-state index is 13.0. The van der Waals surface area contributed by atoms with E-state index in [9.17, 15) is 18.0 Å². The van der Waals surface area contributed by atoms with E-state index in [1.165, 1.54) is 10.4 Å². The molecule has 2 aromatic carbocycles. The second-order valence-corrected chi connectivity index (χ2v) is 9.77. The molecule has 1 unspecified atom stereocenters. The van der Waals surface area contributed by atoms with Crippen molar-refractivity contribution in [1.29, 1.82) is 0 Å². The van der Waals surface area contributed by atoms with Crippen LogP contribution < -0.4 is 5.32 Å². The van der Waals surface area contributed by atoms with Gasteiger partial charge in [-0.05, 0) is 43.2 Å². The average molecular weight is 455 g/mol. The Morgan fingerprint density at radius 1 is 1.10 bits per heavy atom. The fraction of sp³-hybridized carbons (Fsp3) is 0.300. The highest BCUT2D eigenvalue weighted by atomic mass is 35.5. The number of carbonyl (C=O) groups is 2. The number of hydrogen-bond donors (Lipinski definition) is 1. The summed E-state index contributed by atoms with van der Waals surface area (Å²) in [5, 5.41) is 3.41. The molecule has 0 aromatic heterocycles. The van der Waals surface area contributed by atoms with E-state index < -0.39 is 15.9 Å². The number of nitrogens with one attached hydrogen (secondary N) is 1. The van der Waals surface area contributed by atoms with Gasteiger partial charge in [-0.25, -0.2) is 12.7 Å². The van der Waals surface area contributed by atoms with Crippen LogP contribution in [0, 0.1) is 5.92 Å². The topological polar surface area (TPSA) is 83.6 Å². The molecule has 0 radical (unpaired) electrons. The molecule has 1 aliphatic rings. The van der Waals surface area contributed by atoms with E-state index in [0.717, 1.165) is 6.26 Å². The Morgan fingerprint density at radius 3 is 2.52 bits per heavy atom. The predicted octanol–water partition coefficient (Wildman–Crippen LogP) is 3.83. The zero-order valence-electron chi connectivity index (χ0n) is 15.7. The van der Waals surface area contributed by atoms with Crippen molar-refractivity contribution >= 4 is 50.6 Å². The number of hydrogen-bond acceptors (Lipinski definition) is 4. The Morgan fingerprint density at radius 2 is 1.83 bits per heavy atom. The van der Waals surface area contributed by atoms with Crippen LogP contribution in [0.5, 0.6) is 0 Å². The number of amides is 1. The molecule has 0 spiro atoms. The number of piperidine rings is 1. The van der Waals surface area contributed by atoms with Crippen LogP contribution in [0.2, 0.25) is 10.0 Å². The fourth-order valence-corrected chi connectivity index (χ4v) is 4.60. The maximum Gasteiger partial charge on any atom is 0.228 e. The summed E-state index contributed by atoms with van der Waals surface area (Å²) in [6.45, 7) is 0.520. The lowest BCUT2D eigenvalue weighted by Crippen LogP contribution is -2.43. The van der Waals surface area contributed by atoms with Gasteiger partial charge in [-0.1, -0.05) is 35.3 Å². The Labute approximate surface area is 179 Å². The van der Waals surface area contributed by atoms with Crippen LogP contribution in [-0.4, -0.2) is 43.8 Å². The van der Waals surface area contributed by atoms with Gasteiger partial charge < -0.3 is 5.32 Å². The first kappa shape index (κ1) is 21.8. The molecule has 1 N–H and O–H groups in total. The smallest absolute Gasteiger partial charge is 0.228 e. The van der Waals surface area contributed by atoms with Crippen molar-refractivity contribution in [1.82, 2.24) is 4.31 Å². The van der Waals surface area contributed by atoms with Crippen molar-refractivity contribution in [3.8, 4) is 0 Å². The van der Waals surface area contributed by atoms with Gasteiger partial charge >= 0.3 is 0 Å². The van der Waals surface area contributed by atoms with E-state index in [1.807, 2.05) is 0 Å². The third-order valence-electron chi connectivity index (χ3n) is 4.83. The Hall–Kier alpha value is -1.93. The van der Waals surface area contributed by atoms with E-state index in [1.54, 1.807) is 36.4 Å². The number of halogens is 2. The number of ketones is 1. The monoisotopic (exact) mass is 454 g/mol. The van der Waals surface area contributed by atoms with E-state index >= 15 is 0 Å². The van der Waals surface area contributed by atoms with Gasteiger partial charge in [0.25, 0.3) is 0 Å². The summed E-state index contributed by atoms with van der Waals surface area (Å²) in [5.41, 5.74) is 0.823. The molecule has 6 nitrogen and oxygen atoms in total. The highest BCUT2D eigenvalue weighted by molar-refractivity contribution is 7.88. The van der Waals surface area contributed by atoms with Crippen molar-refractivity contribution in [2.75, 3.05) is 24.7 Å². The lowest BCUT2D eigenvalue weighted by atomic mass is 9.97. The zero-order valence-corrected chi connectivity index (χ0v) is 18.0. The molecule has 29 heavy (non-hydrogen) atoms. The summed E-state index contributed by atoms with van der Waals surface area (Å²) >= 11 is 12.2. The molecule has 1 atom stereocenters.